The molecule has 3 rings (SSSR count). The third-order valence-corrected chi connectivity index (χ3v) is 9.05. The lowest BCUT2D eigenvalue weighted by Crippen LogP contribution is -2.50. The zero-order valence-corrected chi connectivity index (χ0v) is 18.5. The molecule has 29 heavy (non-hydrogen) atoms. The Morgan fingerprint density at radius 1 is 1.24 bits per heavy atom. The number of hydrogen-bond donors (Lipinski definition) is 0. The average molecular weight is 476 g/mol. The van der Waals surface area contributed by atoms with E-state index in [1.54, 1.807) is 4.90 Å². The molecule has 1 saturated heterocycles. The van der Waals surface area contributed by atoms with Gasteiger partial charge >= 0.3 is 0 Å². The quantitative estimate of drug-likeness (QED) is 0.334. The Morgan fingerprint density at radius 2 is 1.93 bits per heavy atom. The molecule has 0 saturated carbocycles. The molecule has 14 heteroatoms. The van der Waals surface area contributed by atoms with Gasteiger partial charge in [0.25, 0.3) is 5.69 Å². The number of carbonyl (C=O) groups is 1. The first-order valence-electron chi connectivity index (χ1n) is 8.34. The highest BCUT2D eigenvalue weighted by Crippen LogP contribution is 2.28. The molecule has 0 spiro atoms. The number of hydrogen-bond acceptors (Lipinski definition) is 10. The first-order chi connectivity index (χ1) is 13.8. The van der Waals surface area contributed by atoms with E-state index in [0.29, 0.717) is 0 Å². The fourth-order valence-electron chi connectivity index (χ4n) is 2.64. The van der Waals surface area contributed by atoms with E-state index in [1.807, 2.05) is 6.26 Å². The van der Waals surface area contributed by atoms with Crippen LogP contribution in [0.2, 0.25) is 0 Å². The summed E-state index contributed by atoms with van der Waals surface area (Å²) in [5.74, 6) is 0.115. The van der Waals surface area contributed by atoms with Gasteiger partial charge in [-0.15, -0.1) is 10.2 Å². The van der Waals surface area contributed by atoms with Crippen molar-refractivity contribution in [2.75, 3.05) is 38.2 Å². The zero-order valence-electron chi connectivity index (χ0n) is 15.3. The standard InChI is InChI=1S/C15H17N5O5S4/c1-26-14-16-17-15(28-14)27-10-13(21)18-5-7-19(8-6-18)29(24,25)12-4-2-3-11(9-12)20(22)23/h2-4,9H,5-8,10H2,1H3. The second-order valence-electron chi connectivity index (χ2n) is 5.87. The van der Waals surface area contributed by atoms with Crippen molar-refractivity contribution in [2.24, 2.45) is 0 Å². The lowest BCUT2D eigenvalue weighted by atomic mass is 10.3. The van der Waals surface area contributed by atoms with Crippen LogP contribution >= 0.6 is 34.9 Å². The van der Waals surface area contributed by atoms with Gasteiger partial charge in [-0.3, -0.25) is 14.9 Å². The van der Waals surface area contributed by atoms with Gasteiger partial charge in [-0.1, -0.05) is 40.9 Å². The molecular weight excluding hydrogens is 458 g/mol. The summed E-state index contributed by atoms with van der Waals surface area (Å²) < 4.78 is 28.3. The van der Waals surface area contributed by atoms with Crippen molar-refractivity contribution in [3.8, 4) is 0 Å². The molecule has 2 heterocycles. The minimum atomic E-state index is -3.86. The number of thioether (sulfide) groups is 2. The molecule has 1 aliphatic rings. The van der Waals surface area contributed by atoms with E-state index in [9.17, 15) is 23.3 Å². The summed E-state index contributed by atoms with van der Waals surface area (Å²) in [7, 11) is -3.86. The van der Waals surface area contributed by atoms with Gasteiger partial charge in [-0.2, -0.15) is 4.31 Å². The molecule has 2 aromatic rings. The number of nitro groups is 1. The molecule has 0 aliphatic carbocycles. The molecular formula is C15H17N5O5S4. The average Bonchev–Trinajstić information content (AvgIpc) is 3.20. The summed E-state index contributed by atoms with van der Waals surface area (Å²) in [4.78, 5) is 24.2. The van der Waals surface area contributed by atoms with Crippen molar-refractivity contribution in [3.63, 3.8) is 0 Å². The molecule has 0 bridgehead atoms. The second-order valence-corrected chi connectivity index (χ2v) is 11.1. The fourth-order valence-corrected chi connectivity index (χ4v) is 6.44. The molecule has 1 amide bonds. The van der Waals surface area contributed by atoms with E-state index in [1.165, 1.54) is 57.4 Å². The molecule has 0 atom stereocenters. The molecule has 1 fully saturated rings. The molecule has 1 aliphatic heterocycles. The van der Waals surface area contributed by atoms with Crippen molar-refractivity contribution in [3.05, 3.63) is 34.4 Å². The van der Waals surface area contributed by atoms with Gasteiger partial charge in [0.05, 0.1) is 15.6 Å². The highest BCUT2D eigenvalue weighted by molar-refractivity contribution is 8.03. The van der Waals surface area contributed by atoms with Crippen molar-refractivity contribution >= 4 is 56.5 Å². The van der Waals surface area contributed by atoms with Crippen LogP contribution in [0.15, 0.2) is 37.8 Å². The van der Waals surface area contributed by atoms with Crippen molar-refractivity contribution in [2.45, 2.75) is 13.6 Å². The number of piperazine rings is 1. The summed E-state index contributed by atoms with van der Waals surface area (Å²) in [6.45, 7) is 0.799. The lowest BCUT2D eigenvalue weighted by Gasteiger charge is -2.33. The Hall–Kier alpha value is -1.74. The van der Waals surface area contributed by atoms with Gasteiger partial charge in [-0.05, 0) is 12.3 Å². The van der Waals surface area contributed by atoms with Gasteiger partial charge in [0.2, 0.25) is 15.9 Å². The van der Waals surface area contributed by atoms with Crippen LogP contribution in [-0.4, -0.2) is 76.8 Å². The SMILES string of the molecule is CSc1nnc(SCC(=O)N2CCN(S(=O)(=O)c3cccc([N+](=O)[O-])c3)CC2)s1. The number of nitro benzene ring substituents is 1. The summed E-state index contributed by atoms with van der Waals surface area (Å²) in [5.41, 5.74) is -0.279. The van der Waals surface area contributed by atoms with Gasteiger partial charge in [0.15, 0.2) is 8.68 Å². The number of nitrogens with zero attached hydrogens (tertiary/aromatic N) is 5. The van der Waals surface area contributed by atoms with Crippen LogP contribution in [0, 0.1) is 10.1 Å². The Balaban J connectivity index is 1.57. The maximum absolute atomic E-state index is 12.8. The van der Waals surface area contributed by atoms with Crippen LogP contribution in [-0.2, 0) is 14.8 Å². The number of aromatic nitrogens is 2. The summed E-state index contributed by atoms with van der Waals surface area (Å²) >= 11 is 4.23. The lowest BCUT2D eigenvalue weighted by molar-refractivity contribution is -0.385. The van der Waals surface area contributed by atoms with Crippen LogP contribution in [0.1, 0.15) is 0 Å². The smallest absolute Gasteiger partial charge is 0.270 e. The maximum atomic E-state index is 12.8. The van der Waals surface area contributed by atoms with Gasteiger partial charge in [-0.25, -0.2) is 8.42 Å². The predicted molar refractivity (Wildman–Crippen MR) is 111 cm³/mol. The first kappa shape index (κ1) is 22.0. The summed E-state index contributed by atoms with van der Waals surface area (Å²) in [5, 5.41) is 18.9. The van der Waals surface area contributed by atoms with Gasteiger partial charge < -0.3 is 4.90 Å². The Bertz CT molecular complexity index is 1000. The number of rotatable bonds is 7. The number of carbonyl (C=O) groups excluding carboxylic acids is 1. The van der Waals surface area contributed by atoms with E-state index >= 15 is 0 Å². The van der Waals surface area contributed by atoms with Crippen LogP contribution < -0.4 is 0 Å². The molecule has 0 unspecified atom stereocenters. The normalized spacial score (nSPS) is 15.4. The topological polar surface area (TPSA) is 127 Å². The number of benzene rings is 1. The monoisotopic (exact) mass is 475 g/mol. The highest BCUT2D eigenvalue weighted by atomic mass is 32.2. The van der Waals surface area contributed by atoms with E-state index in [2.05, 4.69) is 10.2 Å². The van der Waals surface area contributed by atoms with Gasteiger partial charge in [0.1, 0.15) is 0 Å². The molecule has 10 nitrogen and oxygen atoms in total. The van der Waals surface area contributed by atoms with Gasteiger partial charge in [0, 0.05) is 38.3 Å². The van der Waals surface area contributed by atoms with Crippen molar-refractivity contribution in [1.82, 2.24) is 19.4 Å². The predicted octanol–water partition coefficient (Wildman–Crippen LogP) is 1.79. The summed E-state index contributed by atoms with van der Waals surface area (Å²) in [6, 6.07) is 4.97. The van der Waals surface area contributed by atoms with Crippen LogP contribution in [0.3, 0.4) is 0 Å². The molecule has 156 valence electrons. The molecule has 0 radical (unpaired) electrons. The van der Waals surface area contributed by atoms with Crippen LogP contribution in [0.4, 0.5) is 5.69 Å². The van der Waals surface area contributed by atoms with Crippen LogP contribution in [0.5, 0.6) is 0 Å². The first-order valence-corrected chi connectivity index (χ1v) is 12.8. The second kappa shape index (κ2) is 9.38. The van der Waals surface area contributed by atoms with E-state index < -0.39 is 14.9 Å². The molecule has 1 aromatic carbocycles. The van der Waals surface area contributed by atoms with Crippen molar-refractivity contribution in [1.29, 1.82) is 0 Å². The largest absolute Gasteiger partial charge is 0.339 e. The highest BCUT2D eigenvalue weighted by Gasteiger charge is 2.31. The minimum absolute atomic E-state index is 0.0942. The Kier molecular flexibility index (Phi) is 7.10. The zero-order chi connectivity index (χ0) is 21.0. The van der Waals surface area contributed by atoms with E-state index in [-0.39, 0.29) is 48.4 Å². The molecule has 1 aromatic heterocycles. The Morgan fingerprint density at radius 3 is 2.55 bits per heavy atom. The van der Waals surface area contributed by atoms with Crippen LogP contribution in [0.25, 0.3) is 0 Å². The third-order valence-electron chi connectivity index (χ3n) is 4.14. The number of amides is 1. The minimum Gasteiger partial charge on any atom is -0.339 e. The van der Waals surface area contributed by atoms with E-state index in [0.717, 1.165) is 14.7 Å². The van der Waals surface area contributed by atoms with E-state index in [4.69, 9.17) is 0 Å². The third kappa shape index (κ3) is 5.25. The maximum Gasteiger partial charge on any atom is 0.270 e. The molecule has 0 N–H and O–H groups in total. The number of sulfonamides is 1. The van der Waals surface area contributed by atoms with Crippen molar-refractivity contribution < 1.29 is 18.1 Å². The summed E-state index contributed by atoms with van der Waals surface area (Å²) in [6.07, 6.45) is 1.90. The fraction of sp³-hybridized carbons (Fsp3) is 0.400. The number of non-ortho nitro benzene ring substituents is 1. The Labute approximate surface area is 179 Å².